The Bertz CT molecular complexity index is 1250. The number of carbonyl (C=O) groups is 1. The van der Waals surface area contributed by atoms with E-state index < -0.39 is 30.3 Å². The number of aromatic nitrogens is 1. The Morgan fingerprint density at radius 3 is 2.51 bits per heavy atom. The van der Waals surface area contributed by atoms with Crippen LogP contribution < -0.4 is 4.74 Å². The molecule has 1 aliphatic carbocycles. The Kier molecular flexibility index (Phi) is 6.92. The molecule has 3 atom stereocenters. The van der Waals surface area contributed by atoms with Crippen LogP contribution in [0.25, 0.3) is 22.3 Å². The first-order valence-electron chi connectivity index (χ1n) is 11.7. The second-order valence-electron chi connectivity index (χ2n) is 8.84. The van der Waals surface area contributed by atoms with Crippen LogP contribution in [-0.2, 0) is 22.4 Å². The van der Waals surface area contributed by atoms with Crippen LogP contribution >= 0.6 is 0 Å². The molecule has 1 aliphatic rings. The van der Waals surface area contributed by atoms with Crippen molar-refractivity contribution >= 4 is 16.9 Å². The monoisotopic (exact) mass is 487 g/mol. The van der Waals surface area contributed by atoms with E-state index in [1.54, 1.807) is 18.2 Å². The van der Waals surface area contributed by atoms with Gasteiger partial charge in [0, 0.05) is 28.3 Å². The Labute approximate surface area is 201 Å². The molecule has 0 saturated heterocycles. The molecule has 3 aromatic rings. The summed E-state index contributed by atoms with van der Waals surface area (Å²) in [6, 6.07) is 10.8. The third-order valence-electron chi connectivity index (χ3n) is 6.30. The molecule has 0 radical (unpaired) electrons. The van der Waals surface area contributed by atoms with Gasteiger partial charge in [0.2, 0.25) is 0 Å². The molecular formula is C27H28F3NO4. The van der Waals surface area contributed by atoms with E-state index in [0.29, 0.717) is 11.3 Å². The third-order valence-corrected chi connectivity index (χ3v) is 6.30. The van der Waals surface area contributed by atoms with Gasteiger partial charge in [-0.15, -0.1) is 0 Å². The van der Waals surface area contributed by atoms with Crippen molar-refractivity contribution in [3.63, 3.8) is 0 Å². The van der Waals surface area contributed by atoms with Crippen molar-refractivity contribution in [2.75, 3.05) is 0 Å². The number of hydrogen-bond donors (Lipinski definition) is 0. The van der Waals surface area contributed by atoms with Crippen molar-refractivity contribution in [3.8, 4) is 17.1 Å². The van der Waals surface area contributed by atoms with Crippen LogP contribution in [0.5, 0.6) is 5.75 Å². The number of ether oxygens (including phenoxy) is 2. The van der Waals surface area contributed by atoms with Gasteiger partial charge in [0.1, 0.15) is 35.2 Å². The predicted octanol–water partition coefficient (Wildman–Crippen LogP) is 6.83. The maximum absolute atomic E-state index is 13.9. The van der Waals surface area contributed by atoms with Crippen LogP contribution in [-0.4, -0.2) is 29.3 Å². The zero-order valence-electron chi connectivity index (χ0n) is 19.9. The van der Waals surface area contributed by atoms with Gasteiger partial charge in [-0.05, 0) is 62.9 Å². The zero-order valence-corrected chi connectivity index (χ0v) is 19.9. The molecule has 0 bridgehead atoms. The highest BCUT2D eigenvalue weighted by Gasteiger charge is 2.55. The molecule has 0 N–H and O–H groups in total. The largest absolute Gasteiger partial charge is 0.489 e. The number of nitrogens with zero attached hydrogens (tertiary/aromatic N) is 1. The summed E-state index contributed by atoms with van der Waals surface area (Å²) in [5.74, 6) is -1.85. The normalized spacial score (nSPS) is 20.2. The van der Waals surface area contributed by atoms with Crippen LogP contribution in [0.4, 0.5) is 13.2 Å². The summed E-state index contributed by atoms with van der Waals surface area (Å²) in [5, 5.41) is 0.807. The van der Waals surface area contributed by atoms with E-state index in [1.807, 2.05) is 32.0 Å². The van der Waals surface area contributed by atoms with Crippen molar-refractivity contribution in [2.45, 2.75) is 64.8 Å². The number of carbonyl (C=O) groups excluding carboxylic acids is 1. The number of aryl methyl sites for hydroxylation is 2. The zero-order chi connectivity index (χ0) is 25.3. The average molecular weight is 488 g/mol. The maximum Gasteiger partial charge on any atom is 0.398 e. The van der Waals surface area contributed by atoms with Gasteiger partial charge >= 0.3 is 12.1 Å². The molecule has 3 unspecified atom stereocenters. The van der Waals surface area contributed by atoms with Gasteiger partial charge in [-0.1, -0.05) is 20.4 Å². The van der Waals surface area contributed by atoms with E-state index in [-0.39, 0.29) is 24.2 Å². The quantitative estimate of drug-likeness (QED) is 0.270. The van der Waals surface area contributed by atoms with Crippen LogP contribution in [0.3, 0.4) is 0 Å². The molecular weight excluding hydrogens is 459 g/mol. The second-order valence-corrected chi connectivity index (χ2v) is 8.84. The molecule has 0 aliphatic heterocycles. The standard InChI is InChI=1S/C27H28F3NO4/c1-5-17-8-10-19(20(6-2)31-17)24-13-16-7-9-18(14-23(16)34-24)33-21-11-12-22(25(21)27(28,29)30)35-26(32)15(3)4/h7-10,13-14,21-22,25H,3,5-6,11-12H2,1-2,4H3. The highest BCUT2D eigenvalue weighted by atomic mass is 19.4. The fourth-order valence-electron chi connectivity index (χ4n) is 4.48. The van der Waals surface area contributed by atoms with Gasteiger partial charge in [-0.3, -0.25) is 4.98 Å². The summed E-state index contributed by atoms with van der Waals surface area (Å²) in [4.78, 5) is 16.5. The summed E-state index contributed by atoms with van der Waals surface area (Å²) >= 11 is 0. The number of benzene rings is 1. The van der Waals surface area contributed by atoms with Gasteiger partial charge in [-0.25, -0.2) is 4.79 Å². The first-order chi connectivity index (χ1) is 16.6. The number of fused-ring (bicyclic) bond motifs is 1. The highest BCUT2D eigenvalue weighted by Crippen LogP contribution is 2.43. The molecule has 1 aromatic carbocycles. The van der Waals surface area contributed by atoms with Crippen molar-refractivity contribution in [1.82, 2.24) is 4.98 Å². The lowest BCUT2D eigenvalue weighted by Gasteiger charge is -2.27. The lowest BCUT2D eigenvalue weighted by atomic mass is 10.0. The molecule has 2 heterocycles. The number of rotatable bonds is 7. The number of pyridine rings is 1. The molecule has 0 spiro atoms. The number of furan rings is 1. The lowest BCUT2D eigenvalue weighted by molar-refractivity contribution is -0.215. The van der Waals surface area contributed by atoms with Gasteiger partial charge < -0.3 is 13.9 Å². The number of hydrogen-bond acceptors (Lipinski definition) is 5. The van der Waals surface area contributed by atoms with Crippen LogP contribution in [0.1, 0.15) is 45.0 Å². The van der Waals surface area contributed by atoms with Gasteiger partial charge in [0.05, 0.1) is 5.69 Å². The Hall–Kier alpha value is -3.29. The Balaban J connectivity index is 1.58. The summed E-state index contributed by atoms with van der Waals surface area (Å²) in [6.07, 6.45) is -5.33. The third kappa shape index (κ3) is 5.21. The number of alkyl halides is 3. The van der Waals surface area contributed by atoms with Crippen LogP contribution in [0.2, 0.25) is 0 Å². The molecule has 0 amide bonds. The fraction of sp³-hybridized carbons (Fsp3) is 0.407. The Morgan fingerprint density at radius 1 is 1.11 bits per heavy atom. The second kappa shape index (κ2) is 9.76. The SMILES string of the molecule is C=C(C)C(=O)OC1CCC(Oc2ccc3cc(-c4ccc(CC)nc4CC)oc3c2)C1C(F)(F)F. The van der Waals surface area contributed by atoms with Crippen LogP contribution in [0.15, 0.2) is 53.0 Å². The first-order valence-corrected chi connectivity index (χ1v) is 11.7. The topological polar surface area (TPSA) is 61.6 Å². The molecule has 186 valence electrons. The number of esters is 1. The van der Waals surface area contributed by atoms with Crippen molar-refractivity contribution < 1.29 is 31.9 Å². The predicted molar refractivity (Wildman–Crippen MR) is 126 cm³/mol. The minimum absolute atomic E-state index is 0.0557. The van der Waals surface area contributed by atoms with E-state index in [4.69, 9.17) is 13.9 Å². The molecule has 4 rings (SSSR count). The van der Waals surface area contributed by atoms with Crippen LogP contribution in [0, 0.1) is 5.92 Å². The fourth-order valence-corrected chi connectivity index (χ4v) is 4.48. The lowest BCUT2D eigenvalue weighted by Crippen LogP contribution is -2.41. The smallest absolute Gasteiger partial charge is 0.398 e. The van der Waals surface area contributed by atoms with Crippen molar-refractivity contribution in [3.05, 3.63) is 59.9 Å². The molecule has 2 aromatic heterocycles. The van der Waals surface area contributed by atoms with Crippen molar-refractivity contribution in [2.24, 2.45) is 5.92 Å². The molecule has 35 heavy (non-hydrogen) atoms. The van der Waals surface area contributed by atoms with E-state index in [9.17, 15) is 18.0 Å². The summed E-state index contributed by atoms with van der Waals surface area (Å²) in [7, 11) is 0. The average Bonchev–Trinajstić information content (AvgIpc) is 3.41. The molecule has 1 saturated carbocycles. The van der Waals surface area contributed by atoms with Crippen molar-refractivity contribution in [1.29, 1.82) is 0 Å². The first kappa shape index (κ1) is 24.8. The molecule has 8 heteroatoms. The number of halogens is 3. The highest BCUT2D eigenvalue weighted by molar-refractivity contribution is 5.87. The van der Waals surface area contributed by atoms with E-state index >= 15 is 0 Å². The van der Waals surface area contributed by atoms with E-state index in [2.05, 4.69) is 11.6 Å². The summed E-state index contributed by atoms with van der Waals surface area (Å²) < 4.78 is 58.5. The summed E-state index contributed by atoms with van der Waals surface area (Å²) in [5.41, 5.74) is 3.37. The van der Waals surface area contributed by atoms with Gasteiger partial charge in [0.25, 0.3) is 0 Å². The maximum atomic E-state index is 13.9. The Morgan fingerprint density at radius 2 is 1.86 bits per heavy atom. The minimum atomic E-state index is -4.59. The van der Waals surface area contributed by atoms with Gasteiger partial charge in [0.15, 0.2) is 0 Å². The van der Waals surface area contributed by atoms with E-state index in [1.165, 1.54) is 6.92 Å². The van der Waals surface area contributed by atoms with Gasteiger partial charge in [-0.2, -0.15) is 13.2 Å². The molecule has 5 nitrogen and oxygen atoms in total. The summed E-state index contributed by atoms with van der Waals surface area (Å²) in [6.45, 7) is 8.92. The minimum Gasteiger partial charge on any atom is -0.489 e. The van der Waals surface area contributed by atoms with E-state index in [0.717, 1.165) is 35.2 Å². The molecule has 1 fully saturated rings.